The normalized spacial score (nSPS) is 11.7. The van der Waals surface area contributed by atoms with Crippen molar-refractivity contribution in [2.45, 2.75) is 31.7 Å². The van der Waals surface area contributed by atoms with Gasteiger partial charge in [0.2, 0.25) is 5.91 Å². The van der Waals surface area contributed by atoms with E-state index in [9.17, 15) is 10.1 Å². The predicted molar refractivity (Wildman–Crippen MR) is 177 cm³/mol. The molecule has 2 unspecified atom stereocenters. The average Bonchev–Trinajstić information content (AvgIpc) is 3.09. The van der Waals surface area contributed by atoms with E-state index in [2.05, 4.69) is 26.5 Å². The fourth-order valence-corrected chi connectivity index (χ4v) is 5.88. The summed E-state index contributed by atoms with van der Waals surface area (Å²) in [5, 5.41) is 27.9. The molecule has 2 heterocycles. The minimum atomic E-state index is -0.584. The van der Waals surface area contributed by atoms with Crippen molar-refractivity contribution in [3.8, 4) is 6.07 Å². The second kappa shape index (κ2) is 16.0. The first-order valence-corrected chi connectivity index (χ1v) is 15.7. The smallest absolute Gasteiger partial charge is 0.231 e. The summed E-state index contributed by atoms with van der Waals surface area (Å²) in [4.78, 5) is 14.0. The molecule has 6 rings (SSSR count). The summed E-state index contributed by atoms with van der Waals surface area (Å²) in [5.74, 6) is -1.40. The highest BCUT2D eigenvalue weighted by Crippen LogP contribution is 2.29. The Morgan fingerprint density at radius 3 is 1.38 bits per heavy atom. The van der Waals surface area contributed by atoms with Gasteiger partial charge in [-0.15, -0.1) is 10.2 Å². The lowest BCUT2D eigenvalue weighted by molar-refractivity contribution is -0.118. The van der Waals surface area contributed by atoms with Gasteiger partial charge in [0.25, 0.3) is 0 Å². The minimum absolute atomic E-state index is 0.385. The number of carbonyl (C=O) groups is 1. The van der Waals surface area contributed by atoms with Crippen LogP contribution in [0.5, 0.6) is 0 Å². The average molecular weight is 625 g/mol. The van der Waals surface area contributed by atoms with Gasteiger partial charge in [-0.25, -0.2) is 0 Å². The van der Waals surface area contributed by atoms with Crippen molar-refractivity contribution in [2.75, 3.05) is 0 Å². The highest BCUT2D eigenvalue weighted by atomic mass is 32.2. The maximum Gasteiger partial charge on any atom is 0.231 e. The van der Waals surface area contributed by atoms with Crippen molar-refractivity contribution in [2.24, 2.45) is 5.73 Å². The number of nitrogens with zero attached hydrogens (tertiary/aromatic N) is 5. The van der Waals surface area contributed by atoms with Crippen LogP contribution in [0.15, 0.2) is 165 Å². The quantitative estimate of drug-likeness (QED) is 0.175. The second-order valence-corrected chi connectivity index (χ2v) is 11.8. The fourth-order valence-electron chi connectivity index (χ4n) is 4.38. The maximum atomic E-state index is 11.8. The number of rotatable bonds is 9. The Balaban J connectivity index is 0.000000178. The molecule has 4 aromatic carbocycles. The number of hydrogen-bond acceptors (Lipinski definition) is 8. The van der Waals surface area contributed by atoms with E-state index in [-0.39, 0.29) is 5.92 Å². The highest BCUT2D eigenvalue weighted by molar-refractivity contribution is 7.99. The number of hydrogen-bond donors (Lipinski definition) is 1. The van der Waals surface area contributed by atoms with E-state index in [0.717, 1.165) is 31.0 Å². The van der Waals surface area contributed by atoms with Crippen molar-refractivity contribution in [3.63, 3.8) is 0 Å². The van der Waals surface area contributed by atoms with Crippen molar-refractivity contribution in [1.82, 2.24) is 20.4 Å². The molecular formula is C36H28N6OS2. The molecule has 0 saturated heterocycles. The molecule has 45 heavy (non-hydrogen) atoms. The van der Waals surface area contributed by atoms with E-state index in [1.54, 1.807) is 17.8 Å². The Hall–Kier alpha value is -5.30. The molecule has 1 amide bonds. The van der Waals surface area contributed by atoms with E-state index in [4.69, 9.17) is 5.73 Å². The van der Waals surface area contributed by atoms with Gasteiger partial charge in [0, 0.05) is 9.79 Å². The molecule has 0 bridgehead atoms. The van der Waals surface area contributed by atoms with Crippen LogP contribution in [-0.2, 0) is 4.79 Å². The molecule has 0 fully saturated rings. The first kappa shape index (κ1) is 31.1. The zero-order valence-corrected chi connectivity index (χ0v) is 25.7. The molecule has 0 spiro atoms. The molecule has 6 aromatic rings. The number of benzene rings is 4. The molecule has 2 atom stereocenters. The van der Waals surface area contributed by atoms with Crippen LogP contribution < -0.4 is 5.73 Å². The maximum absolute atomic E-state index is 11.8. The molecule has 2 aromatic heterocycles. The van der Waals surface area contributed by atoms with Crippen LogP contribution in [0.2, 0.25) is 0 Å². The summed E-state index contributed by atoms with van der Waals surface area (Å²) < 4.78 is 0. The standard InChI is InChI=1S/C18H15N3OS.C18H13N3S/c19-18(22)17(13-7-3-1-4-8-13)15-11-12-16(21-20-15)23-14-9-5-2-6-10-14;19-13-16(14-7-3-1-4-8-14)17-11-12-18(21-20-17)22-15-9-5-2-6-10-15/h1-12,17H,(H2,19,22);1-12,16H. The van der Waals surface area contributed by atoms with Gasteiger partial charge in [-0.3, -0.25) is 4.79 Å². The van der Waals surface area contributed by atoms with Gasteiger partial charge < -0.3 is 5.73 Å². The van der Waals surface area contributed by atoms with Crippen molar-refractivity contribution in [3.05, 3.63) is 168 Å². The lowest BCUT2D eigenvalue weighted by Crippen LogP contribution is -2.23. The van der Waals surface area contributed by atoms with Gasteiger partial charge in [0.05, 0.1) is 17.5 Å². The largest absolute Gasteiger partial charge is 0.369 e. The number of nitrogens with two attached hydrogens (primary N) is 1. The highest BCUT2D eigenvalue weighted by Gasteiger charge is 2.22. The van der Waals surface area contributed by atoms with Crippen LogP contribution in [0.3, 0.4) is 0 Å². The van der Waals surface area contributed by atoms with E-state index >= 15 is 0 Å². The summed E-state index contributed by atoms with van der Waals surface area (Å²) in [6.45, 7) is 0. The third-order valence-corrected chi connectivity index (χ3v) is 8.39. The zero-order chi connectivity index (χ0) is 31.3. The van der Waals surface area contributed by atoms with Crippen LogP contribution in [0.1, 0.15) is 34.4 Å². The third-order valence-electron chi connectivity index (χ3n) is 6.52. The van der Waals surface area contributed by atoms with Gasteiger partial charge in [-0.1, -0.05) is 121 Å². The second-order valence-electron chi connectivity index (χ2n) is 9.64. The van der Waals surface area contributed by atoms with Crippen molar-refractivity contribution < 1.29 is 4.79 Å². The van der Waals surface area contributed by atoms with Gasteiger partial charge in [-0.05, 0) is 59.7 Å². The molecule has 220 valence electrons. The molecule has 0 saturated carbocycles. The van der Waals surface area contributed by atoms with Gasteiger partial charge in [-0.2, -0.15) is 15.5 Å². The Labute approximate surface area is 270 Å². The monoisotopic (exact) mass is 624 g/mol. The molecule has 2 N–H and O–H groups in total. The molecule has 0 radical (unpaired) electrons. The van der Waals surface area contributed by atoms with Crippen LogP contribution in [0.4, 0.5) is 0 Å². The van der Waals surface area contributed by atoms with Gasteiger partial charge >= 0.3 is 0 Å². The number of aromatic nitrogens is 4. The predicted octanol–water partition coefficient (Wildman–Crippen LogP) is 7.53. The lowest BCUT2D eigenvalue weighted by atomic mass is 9.95. The van der Waals surface area contributed by atoms with Crippen LogP contribution in [0, 0.1) is 11.3 Å². The zero-order valence-electron chi connectivity index (χ0n) is 24.0. The third kappa shape index (κ3) is 8.86. The number of carbonyl (C=O) groups excluding carboxylic acids is 1. The molecule has 0 aliphatic heterocycles. The van der Waals surface area contributed by atoms with E-state index in [1.807, 2.05) is 140 Å². The number of primary amides is 1. The summed E-state index contributed by atoms with van der Waals surface area (Å²) in [6.07, 6.45) is 0. The number of nitriles is 1. The van der Waals surface area contributed by atoms with E-state index in [1.165, 1.54) is 11.8 Å². The molecule has 9 heteroatoms. The van der Waals surface area contributed by atoms with Crippen molar-refractivity contribution >= 4 is 29.4 Å². The van der Waals surface area contributed by atoms with Crippen LogP contribution in [-0.4, -0.2) is 26.3 Å². The first-order chi connectivity index (χ1) is 22.1. The molecule has 0 aliphatic rings. The summed E-state index contributed by atoms with van der Waals surface area (Å²) in [5.41, 5.74) is 8.53. The Morgan fingerprint density at radius 2 is 0.978 bits per heavy atom. The number of amides is 1. The summed E-state index contributed by atoms with van der Waals surface area (Å²) >= 11 is 3.08. The van der Waals surface area contributed by atoms with E-state index < -0.39 is 11.8 Å². The van der Waals surface area contributed by atoms with E-state index in [0.29, 0.717) is 11.4 Å². The molecular weight excluding hydrogens is 597 g/mol. The van der Waals surface area contributed by atoms with Crippen LogP contribution in [0.25, 0.3) is 0 Å². The topological polar surface area (TPSA) is 118 Å². The molecule has 7 nitrogen and oxygen atoms in total. The van der Waals surface area contributed by atoms with Crippen LogP contribution >= 0.6 is 23.5 Å². The summed E-state index contributed by atoms with van der Waals surface area (Å²) in [6, 6.07) is 48.7. The lowest BCUT2D eigenvalue weighted by Gasteiger charge is -2.12. The summed E-state index contributed by atoms with van der Waals surface area (Å²) in [7, 11) is 0. The van der Waals surface area contributed by atoms with Crippen molar-refractivity contribution in [1.29, 1.82) is 5.26 Å². The van der Waals surface area contributed by atoms with Gasteiger partial charge in [0.1, 0.15) is 21.9 Å². The minimum Gasteiger partial charge on any atom is -0.369 e. The Bertz CT molecular complexity index is 1820. The Morgan fingerprint density at radius 1 is 0.556 bits per heavy atom. The molecule has 0 aliphatic carbocycles. The SMILES string of the molecule is N#CC(c1ccccc1)c1ccc(Sc2ccccc2)nn1.NC(=O)C(c1ccccc1)c1ccc(Sc2ccccc2)nn1. The fraction of sp³-hybridized carbons (Fsp3) is 0.0556. The first-order valence-electron chi connectivity index (χ1n) is 14.0. The van der Waals surface area contributed by atoms with Gasteiger partial charge in [0.15, 0.2) is 0 Å². The Kier molecular flexibility index (Phi) is 11.0.